The van der Waals surface area contributed by atoms with Gasteiger partial charge in [0.1, 0.15) is 18.6 Å². The van der Waals surface area contributed by atoms with Crippen molar-refractivity contribution >= 4 is 23.6 Å². The van der Waals surface area contributed by atoms with E-state index in [1.54, 1.807) is 6.07 Å². The molecule has 13 heteroatoms. The minimum atomic E-state index is -4.76. The van der Waals surface area contributed by atoms with E-state index < -0.39 is 12.4 Å². The number of ether oxygens (including phenoxy) is 1. The van der Waals surface area contributed by atoms with Crippen molar-refractivity contribution in [3.05, 3.63) is 90.3 Å². The van der Waals surface area contributed by atoms with Gasteiger partial charge < -0.3 is 10.1 Å². The van der Waals surface area contributed by atoms with Crippen molar-refractivity contribution in [2.45, 2.75) is 19.7 Å². The fourth-order valence-electron chi connectivity index (χ4n) is 4.17. The van der Waals surface area contributed by atoms with Crippen LogP contribution in [0, 0.1) is 6.92 Å². The Balaban J connectivity index is 1.13. The SMILES string of the molecule is Cc1ccccc1N1C(=O)CN=C1NC(=O)NCCc1ccc(-c2ncn(-c3ccc(OC(F)(F)F)cc3)n2)cc1. The maximum absolute atomic E-state index is 12.5. The summed E-state index contributed by atoms with van der Waals surface area (Å²) in [5.41, 5.74) is 3.78. The smallest absolute Gasteiger partial charge is 0.406 e. The molecule has 4 aromatic rings. The molecule has 1 aliphatic heterocycles. The molecule has 0 atom stereocenters. The van der Waals surface area contributed by atoms with Crippen LogP contribution in [0.3, 0.4) is 0 Å². The first kappa shape index (κ1) is 27.4. The van der Waals surface area contributed by atoms with Crippen LogP contribution in [-0.4, -0.2) is 52.1 Å². The van der Waals surface area contributed by atoms with E-state index in [0.717, 1.165) is 16.7 Å². The second kappa shape index (κ2) is 11.5. The number of carbonyl (C=O) groups excluding carboxylic acids is 2. The van der Waals surface area contributed by atoms with Crippen molar-refractivity contribution < 1.29 is 27.5 Å². The number of para-hydroxylation sites is 1. The van der Waals surface area contributed by atoms with Crippen LogP contribution in [0.2, 0.25) is 0 Å². The Hall–Kier alpha value is -5.20. The van der Waals surface area contributed by atoms with Crippen LogP contribution in [0.1, 0.15) is 11.1 Å². The summed E-state index contributed by atoms with van der Waals surface area (Å²) in [4.78, 5) is 34.7. The summed E-state index contributed by atoms with van der Waals surface area (Å²) in [5.74, 6) is 0.0803. The number of alkyl halides is 3. The zero-order chi connectivity index (χ0) is 29.0. The Labute approximate surface area is 232 Å². The molecule has 41 heavy (non-hydrogen) atoms. The minimum absolute atomic E-state index is 0.0351. The number of nitrogens with zero attached hydrogens (tertiary/aromatic N) is 5. The molecule has 2 N–H and O–H groups in total. The number of hydrogen-bond acceptors (Lipinski definition) is 6. The molecular formula is C28H24F3N7O3. The van der Waals surface area contributed by atoms with E-state index in [-0.39, 0.29) is 24.2 Å². The lowest BCUT2D eigenvalue weighted by atomic mass is 10.1. The molecule has 1 aromatic heterocycles. The van der Waals surface area contributed by atoms with Crippen molar-refractivity contribution in [1.82, 2.24) is 25.4 Å². The number of aromatic nitrogens is 3. The van der Waals surface area contributed by atoms with Gasteiger partial charge in [0.25, 0.3) is 5.91 Å². The van der Waals surface area contributed by atoms with E-state index in [0.29, 0.717) is 30.2 Å². The number of hydrogen-bond donors (Lipinski definition) is 2. The van der Waals surface area contributed by atoms with Crippen molar-refractivity contribution in [3.63, 3.8) is 0 Å². The number of anilines is 1. The lowest BCUT2D eigenvalue weighted by molar-refractivity contribution is -0.274. The summed E-state index contributed by atoms with van der Waals surface area (Å²) in [6.45, 7) is 2.19. The number of rotatable bonds is 7. The molecule has 2 heterocycles. The maximum Gasteiger partial charge on any atom is 0.573 e. The summed E-state index contributed by atoms with van der Waals surface area (Å²) in [7, 11) is 0. The van der Waals surface area contributed by atoms with Gasteiger partial charge in [-0.05, 0) is 54.8 Å². The first-order chi connectivity index (χ1) is 19.7. The van der Waals surface area contributed by atoms with Gasteiger partial charge in [0.05, 0.1) is 11.4 Å². The standard InChI is InChI=1S/C28H24F3N7O3/c1-18-4-2-3-5-23(18)38-24(39)16-33-26(38)35-27(40)32-15-14-19-6-8-20(9-7-19)25-34-17-37(36-25)21-10-12-22(13-11-21)41-28(29,30)31/h2-13,17H,14-16H2,1H3,(H2,32,33,35,40). The van der Waals surface area contributed by atoms with Crippen molar-refractivity contribution in [2.24, 2.45) is 4.99 Å². The van der Waals surface area contributed by atoms with Gasteiger partial charge in [0.2, 0.25) is 5.96 Å². The molecule has 0 aliphatic carbocycles. The van der Waals surface area contributed by atoms with E-state index in [1.807, 2.05) is 49.4 Å². The number of aryl methyl sites for hydroxylation is 1. The first-order valence-corrected chi connectivity index (χ1v) is 12.5. The van der Waals surface area contributed by atoms with E-state index >= 15 is 0 Å². The van der Waals surface area contributed by atoms with E-state index in [1.165, 1.54) is 40.2 Å². The molecule has 10 nitrogen and oxygen atoms in total. The van der Waals surface area contributed by atoms with Crippen molar-refractivity contribution in [1.29, 1.82) is 0 Å². The molecule has 1 aliphatic rings. The van der Waals surface area contributed by atoms with Crippen molar-refractivity contribution in [3.8, 4) is 22.8 Å². The lowest BCUT2D eigenvalue weighted by Crippen LogP contribution is -2.48. The van der Waals surface area contributed by atoms with Crippen LogP contribution in [0.25, 0.3) is 17.1 Å². The van der Waals surface area contributed by atoms with Gasteiger partial charge in [-0.25, -0.2) is 24.4 Å². The average molecular weight is 564 g/mol. The molecule has 0 saturated carbocycles. The quantitative estimate of drug-likeness (QED) is 0.346. The molecular weight excluding hydrogens is 539 g/mol. The third-order valence-corrected chi connectivity index (χ3v) is 6.15. The predicted molar refractivity (Wildman–Crippen MR) is 145 cm³/mol. The molecule has 0 saturated heterocycles. The zero-order valence-corrected chi connectivity index (χ0v) is 21.7. The molecule has 3 aromatic carbocycles. The van der Waals surface area contributed by atoms with Gasteiger partial charge in [0, 0.05) is 12.1 Å². The Bertz CT molecular complexity index is 1580. The number of guanidine groups is 1. The molecule has 0 bridgehead atoms. The predicted octanol–water partition coefficient (Wildman–Crippen LogP) is 4.39. The zero-order valence-electron chi connectivity index (χ0n) is 21.7. The Morgan fingerprint density at radius 3 is 2.46 bits per heavy atom. The number of carbonyl (C=O) groups is 2. The van der Waals surface area contributed by atoms with Crippen LogP contribution in [0.15, 0.2) is 84.1 Å². The molecule has 0 fully saturated rings. The highest BCUT2D eigenvalue weighted by atomic mass is 19.4. The number of amides is 3. The van der Waals surface area contributed by atoms with Gasteiger partial charge in [-0.2, -0.15) is 0 Å². The Morgan fingerprint density at radius 2 is 1.76 bits per heavy atom. The molecule has 0 unspecified atom stereocenters. The number of aliphatic imine (C=N–C) groups is 1. The van der Waals surface area contributed by atoms with Gasteiger partial charge in [0.15, 0.2) is 5.82 Å². The van der Waals surface area contributed by atoms with E-state index in [4.69, 9.17) is 0 Å². The minimum Gasteiger partial charge on any atom is -0.406 e. The first-order valence-electron chi connectivity index (χ1n) is 12.5. The summed E-state index contributed by atoms with van der Waals surface area (Å²) in [6, 6.07) is 19.7. The molecule has 210 valence electrons. The maximum atomic E-state index is 12.5. The van der Waals surface area contributed by atoms with E-state index in [9.17, 15) is 22.8 Å². The topological polar surface area (TPSA) is 114 Å². The van der Waals surface area contributed by atoms with Crippen LogP contribution in [0.5, 0.6) is 5.75 Å². The third kappa shape index (κ3) is 6.69. The van der Waals surface area contributed by atoms with E-state index in [2.05, 4.69) is 30.4 Å². The van der Waals surface area contributed by atoms with Gasteiger partial charge >= 0.3 is 12.4 Å². The van der Waals surface area contributed by atoms with Crippen LogP contribution in [-0.2, 0) is 11.2 Å². The summed E-state index contributed by atoms with van der Waals surface area (Å²) >= 11 is 0. The number of benzene rings is 3. The molecule has 0 radical (unpaired) electrons. The Kier molecular flexibility index (Phi) is 7.68. The van der Waals surface area contributed by atoms with Crippen LogP contribution < -0.4 is 20.3 Å². The lowest BCUT2D eigenvalue weighted by Gasteiger charge is -2.20. The molecule has 3 amide bonds. The normalized spacial score (nSPS) is 13.2. The fourth-order valence-corrected chi connectivity index (χ4v) is 4.17. The van der Waals surface area contributed by atoms with Crippen LogP contribution in [0.4, 0.5) is 23.7 Å². The largest absolute Gasteiger partial charge is 0.573 e. The summed E-state index contributed by atoms with van der Waals surface area (Å²) < 4.78 is 42.4. The Morgan fingerprint density at radius 1 is 1.02 bits per heavy atom. The number of halogens is 3. The van der Waals surface area contributed by atoms with Gasteiger partial charge in [-0.3, -0.25) is 10.1 Å². The number of nitrogens with one attached hydrogen (secondary N) is 2. The van der Waals surface area contributed by atoms with Crippen LogP contribution >= 0.6 is 0 Å². The second-order valence-corrected chi connectivity index (χ2v) is 9.04. The van der Waals surface area contributed by atoms with Gasteiger partial charge in [-0.15, -0.1) is 18.3 Å². The average Bonchev–Trinajstić information content (AvgIpc) is 3.56. The van der Waals surface area contributed by atoms with Gasteiger partial charge in [-0.1, -0.05) is 42.5 Å². The third-order valence-electron chi connectivity index (χ3n) is 6.15. The monoisotopic (exact) mass is 563 g/mol. The summed E-state index contributed by atoms with van der Waals surface area (Å²) in [6.07, 6.45) is -2.74. The fraction of sp³-hybridized carbons (Fsp3) is 0.179. The summed E-state index contributed by atoms with van der Waals surface area (Å²) in [5, 5.41) is 9.83. The highest BCUT2D eigenvalue weighted by Gasteiger charge is 2.31. The second-order valence-electron chi connectivity index (χ2n) is 9.04. The number of urea groups is 1. The van der Waals surface area contributed by atoms with Crippen molar-refractivity contribution in [2.75, 3.05) is 18.0 Å². The molecule has 5 rings (SSSR count). The molecule has 0 spiro atoms. The highest BCUT2D eigenvalue weighted by Crippen LogP contribution is 2.24. The highest BCUT2D eigenvalue weighted by molar-refractivity contribution is 6.23.